The molecule has 0 bridgehead atoms. The standard InChI is InChI=1S/C90H159NO8/c1-6-8-10-12-14-16-18-20-22-24-26-28-30-32-34-36-38-40-42-44-46-48-50-52-54-56-58-60-62-64-66-68-70-72-74-76-78-80-87(92)97-84-86(85-98-90(89(94)95)96-83-82-91(3,4)5)99-88(93)81-79-77-75-73-71-69-67-65-63-61-59-57-55-53-51-49-47-45-43-41-39-37-35-33-31-29-27-25-23-21-19-17-15-13-11-9-7-2/h9,11,15,17-18,20-21,23-24,26-27,29-30,32-33,35,39,41,86,90H,6-8,10,12-14,16,19,22,25,28,31,34,36-38,40,42-85H2,1-5H3/p+1/b11-9-,17-15-,20-18-,23-21-,26-24-,29-27-,32-30-,35-33-,41-39-. The van der Waals surface area contributed by atoms with Crippen molar-refractivity contribution in [1.29, 1.82) is 0 Å². The summed E-state index contributed by atoms with van der Waals surface area (Å²) in [6.45, 7) is 4.80. The summed E-state index contributed by atoms with van der Waals surface area (Å²) in [6, 6.07) is 0. The summed E-state index contributed by atoms with van der Waals surface area (Å²) in [7, 11) is 5.99. The summed E-state index contributed by atoms with van der Waals surface area (Å²) in [5.74, 6) is -1.98. The molecule has 0 aromatic rings. The molecule has 0 spiro atoms. The molecule has 0 fully saturated rings. The molecule has 0 aromatic carbocycles. The minimum absolute atomic E-state index is 0.180. The van der Waals surface area contributed by atoms with E-state index >= 15 is 0 Å². The van der Waals surface area contributed by atoms with Crippen LogP contribution in [0.3, 0.4) is 0 Å². The molecule has 99 heavy (non-hydrogen) atoms. The fourth-order valence-electron chi connectivity index (χ4n) is 12.1. The number of carbonyl (C=O) groups excluding carboxylic acids is 2. The van der Waals surface area contributed by atoms with Crippen LogP contribution in [0.5, 0.6) is 0 Å². The number of esters is 2. The molecule has 0 aromatic heterocycles. The minimum atomic E-state index is -1.51. The quantitative estimate of drug-likeness (QED) is 0.0211. The topological polar surface area (TPSA) is 108 Å². The molecule has 9 heteroatoms. The summed E-state index contributed by atoms with van der Waals surface area (Å²) in [5, 5.41) is 9.79. The van der Waals surface area contributed by atoms with Gasteiger partial charge in [0.05, 0.1) is 34.4 Å². The molecular weight excluding hydrogens is 1220 g/mol. The SMILES string of the molecule is CC/C=C\C/C=C\C/C=C\C/C=C\C/C=C\C/C=C\CCCCCCCCCCCCCCCCCCCCC(=O)OC(COC(=O)CCCCCCCCCCCCCCCCCCCCCCCC/C=C\C/C=C\C/C=C\CCCCCCC)COC(OCC[N+](C)(C)C)C(=O)O. The number of unbranched alkanes of at least 4 members (excludes halogenated alkanes) is 45. The van der Waals surface area contributed by atoms with Gasteiger partial charge in [-0.15, -0.1) is 0 Å². The van der Waals surface area contributed by atoms with Gasteiger partial charge in [-0.2, -0.15) is 0 Å². The number of carboxylic acid groups (broad SMARTS) is 1. The molecule has 0 rings (SSSR count). The van der Waals surface area contributed by atoms with E-state index < -0.39 is 18.4 Å². The maximum Gasteiger partial charge on any atom is 0.361 e. The van der Waals surface area contributed by atoms with Gasteiger partial charge < -0.3 is 28.5 Å². The Labute approximate surface area is 613 Å². The van der Waals surface area contributed by atoms with Crippen LogP contribution in [0.25, 0.3) is 0 Å². The van der Waals surface area contributed by atoms with Gasteiger partial charge in [0.25, 0.3) is 6.29 Å². The van der Waals surface area contributed by atoms with Crippen LogP contribution < -0.4 is 0 Å². The fraction of sp³-hybridized carbons (Fsp3) is 0.767. The third-order valence-electron chi connectivity index (χ3n) is 18.5. The zero-order valence-corrected chi connectivity index (χ0v) is 65.6. The van der Waals surface area contributed by atoms with Gasteiger partial charge in [-0.25, -0.2) is 4.79 Å². The van der Waals surface area contributed by atoms with Gasteiger partial charge in [-0.1, -0.05) is 380 Å². The van der Waals surface area contributed by atoms with Gasteiger partial charge in [-0.05, 0) is 103 Å². The minimum Gasteiger partial charge on any atom is -0.477 e. The van der Waals surface area contributed by atoms with Crippen molar-refractivity contribution in [3.8, 4) is 0 Å². The number of hydrogen-bond acceptors (Lipinski definition) is 7. The Hall–Kier alpha value is -4.05. The lowest BCUT2D eigenvalue weighted by Crippen LogP contribution is -2.40. The highest BCUT2D eigenvalue weighted by molar-refractivity contribution is 5.71. The Morgan fingerprint density at radius 1 is 0.313 bits per heavy atom. The van der Waals surface area contributed by atoms with Gasteiger partial charge in [0.15, 0.2) is 6.10 Å². The van der Waals surface area contributed by atoms with Gasteiger partial charge in [-0.3, -0.25) is 9.59 Å². The van der Waals surface area contributed by atoms with Crippen LogP contribution in [0.15, 0.2) is 109 Å². The molecular formula is C90H160NO8+. The lowest BCUT2D eigenvalue weighted by molar-refractivity contribution is -0.870. The average molecular weight is 1380 g/mol. The lowest BCUT2D eigenvalue weighted by atomic mass is 10.0. The van der Waals surface area contributed by atoms with E-state index in [9.17, 15) is 19.5 Å². The first-order valence-corrected chi connectivity index (χ1v) is 42.1. The first-order valence-electron chi connectivity index (χ1n) is 42.1. The zero-order valence-electron chi connectivity index (χ0n) is 65.6. The first-order chi connectivity index (χ1) is 48.6. The van der Waals surface area contributed by atoms with E-state index in [4.69, 9.17) is 18.9 Å². The van der Waals surface area contributed by atoms with E-state index in [-0.39, 0.29) is 38.2 Å². The molecule has 0 radical (unpaired) electrons. The molecule has 0 aliphatic heterocycles. The Morgan fingerprint density at radius 2 is 0.576 bits per heavy atom. The summed E-state index contributed by atoms with van der Waals surface area (Å²) in [4.78, 5) is 37.8. The molecule has 2 atom stereocenters. The molecule has 2 unspecified atom stereocenters. The Kier molecular flexibility index (Phi) is 76.4. The molecule has 0 saturated heterocycles. The highest BCUT2D eigenvalue weighted by atomic mass is 16.7. The van der Waals surface area contributed by atoms with Crippen molar-refractivity contribution >= 4 is 17.9 Å². The smallest absolute Gasteiger partial charge is 0.361 e. The molecule has 0 saturated carbocycles. The lowest BCUT2D eigenvalue weighted by Gasteiger charge is -2.25. The van der Waals surface area contributed by atoms with Gasteiger partial charge in [0.2, 0.25) is 0 Å². The van der Waals surface area contributed by atoms with Crippen LogP contribution >= 0.6 is 0 Å². The number of carbonyl (C=O) groups is 3. The van der Waals surface area contributed by atoms with Crippen molar-refractivity contribution in [2.24, 2.45) is 0 Å². The van der Waals surface area contributed by atoms with Crippen LogP contribution in [-0.4, -0.2) is 87.4 Å². The Bertz CT molecular complexity index is 2000. The molecule has 0 aliphatic rings. The van der Waals surface area contributed by atoms with E-state index in [1.54, 1.807) is 0 Å². The summed E-state index contributed by atoms with van der Waals surface area (Å²) in [6.07, 6.45) is 110. The largest absolute Gasteiger partial charge is 0.477 e. The van der Waals surface area contributed by atoms with E-state index in [1.165, 1.54) is 270 Å². The maximum absolute atomic E-state index is 13.0. The highest BCUT2D eigenvalue weighted by Crippen LogP contribution is 2.19. The number of ether oxygens (including phenoxy) is 4. The number of rotatable bonds is 78. The van der Waals surface area contributed by atoms with Crippen LogP contribution in [-0.2, 0) is 33.3 Å². The Morgan fingerprint density at radius 3 is 0.859 bits per heavy atom. The molecule has 0 amide bonds. The van der Waals surface area contributed by atoms with Crippen molar-refractivity contribution in [3.63, 3.8) is 0 Å². The van der Waals surface area contributed by atoms with Crippen LogP contribution in [0.1, 0.15) is 386 Å². The van der Waals surface area contributed by atoms with E-state index in [0.717, 1.165) is 89.9 Å². The number of aliphatic carboxylic acids is 1. The second kappa shape index (κ2) is 79.6. The van der Waals surface area contributed by atoms with Crippen molar-refractivity contribution < 1.29 is 42.9 Å². The second-order valence-corrected chi connectivity index (χ2v) is 29.4. The van der Waals surface area contributed by atoms with Crippen LogP contribution in [0.2, 0.25) is 0 Å². The zero-order chi connectivity index (χ0) is 71.8. The third-order valence-corrected chi connectivity index (χ3v) is 18.5. The summed E-state index contributed by atoms with van der Waals surface area (Å²) >= 11 is 0. The molecule has 0 heterocycles. The number of hydrogen-bond donors (Lipinski definition) is 1. The second-order valence-electron chi connectivity index (χ2n) is 29.4. The van der Waals surface area contributed by atoms with Gasteiger partial charge in [0, 0.05) is 12.8 Å². The van der Waals surface area contributed by atoms with Crippen molar-refractivity contribution in [3.05, 3.63) is 109 Å². The summed E-state index contributed by atoms with van der Waals surface area (Å²) < 4.78 is 23.1. The van der Waals surface area contributed by atoms with E-state index in [1.807, 2.05) is 21.1 Å². The Balaban J connectivity index is 3.98. The number of carboxylic acids is 1. The first kappa shape index (κ1) is 94.9. The normalized spacial score (nSPS) is 13.2. The third kappa shape index (κ3) is 81.1. The number of likely N-dealkylation sites (N-methyl/N-ethyl adjacent to an activating group) is 1. The average Bonchev–Trinajstić information content (AvgIpc) is 2.19. The summed E-state index contributed by atoms with van der Waals surface area (Å²) in [5.41, 5.74) is 0. The van der Waals surface area contributed by atoms with Crippen LogP contribution in [0, 0.1) is 0 Å². The van der Waals surface area contributed by atoms with E-state index in [2.05, 4.69) is 123 Å². The highest BCUT2D eigenvalue weighted by Gasteiger charge is 2.25. The van der Waals surface area contributed by atoms with Gasteiger partial charge >= 0.3 is 17.9 Å². The molecule has 0 aliphatic carbocycles. The van der Waals surface area contributed by atoms with Crippen molar-refractivity contribution in [1.82, 2.24) is 0 Å². The van der Waals surface area contributed by atoms with Gasteiger partial charge in [0.1, 0.15) is 13.2 Å². The van der Waals surface area contributed by atoms with Crippen molar-refractivity contribution in [2.45, 2.75) is 399 Å². The predicted molar refractivity (Wildman–Crippen MR) is 428 cm³/mol. The van der Waals surface area contributed by atoms with Crippen LogP contribution in [0.4, 0.5) is 0 Å². The number of allylic oxidation sites excluding steroid dienone is 18. The molecule has 9 nitrogen and oxygen atoms in total. The molecule has 1 N–H and O–H groups in total. The maximum atomic E-state index is 13.0. The van der Waals surface area contributed by atoms with Crippen molar-refractivity contribution in [2.75, 3.05) is 47.5 Å². The number of nitrogens with zero attached hydrogens (tertiary/aromatic N) is 1. The molecule has 572 valence electrons. The van der Waals surface area contributed by atoms with E-state index in [0.29, 0.717) is 17.4 Å². The monoisotopic (exact) mass is 1380 g/mol. The fourth-order valence-corrected chi connectivity index (χ4v) is 12.1. The predicted octanol–water partition coefficient (Wildman–Crippen LogP) is 27.3. The number of quaternary nitrogens is 1.